The molecular formula is C26H28BrN3O2S. The number of nitrogens with one attached hydrogen (secondary N) is 2. The van der Waals surface area contributed by atoms with Gasteiger partial charge in [-0.2, -0.15) is 5.10 Å². The fourth-order valence-electron chi connectivity index (χ4n) is 3.15. The summed E-state index contributed by atoms with van der Waals surface area (Å²) in [4.78, 5) is 0. The average Bonchev–Trinajstić information content (AvgIpc) is 2.82. The third-order valence-electron chi connectivity index (χ3n) is 4.77. The molecule has 0 saturated heterocycles. The minimum Gasteiger partial charge on any atom is -0.490 e. The molecule has 0 atom stereocenters. The van der Waals surface area contributed by atoms with Crippen molar-refractivity contribution in [2.24, 2.45) is 5.10 Å². The van der Waals surface area contributed by atoms with E-state index in [0.717, 1.165) is 27.8 Å². The van der Waals surface area contributed by atoms with Crippen LogP contribution in [-0.2, 0) is 13.0 Å². The summed E-state index contributed by atoms with van der Waals surface area (Å²) in [7, 11) is 0. The fraction of sp³-hybridized carbons (Fsp3) is 0.231. The van der Waals surface area contributed by atoms with E-state index in [0.29, 0.717) is 30.6 Å². The number of rotatable bonds is 10. The number of hydrogen-bond acceptors (Lipinski definition) is 4. The second kappa shape index (κ2) is 13.0. The van der Waals surface area contributed by atoms with Crippen molar-refractivity contribution < 1.29 is 9.47 Å². The predicted octanol–water partition coefficient (Wildman–Crippen LogP) is 5.78. The Bertz CT molecular complexity index is 1090. The van der Waals surface area contributed by atoms with Gasteiger partial charge in [0, 0.05) is 16.6 Å². The van der Waals surface area contributed by atoms with Gasteiger partial charge < -0.3 is 14.8 Å². The van der Waals surface area contributed by atoms with Crippen molar-refractivity contribution in [3.8, 4) is 11.5 Å². The van der Waals surface area contributed by atoms with Gasteiger partial charge in [0.1, 0.15) is 24.7 Å². The summed E-state index contributed by atoms with van der Waals surface area (Å²) in [6, 6.07) is 22.1. The lowest BCUT2D eigenvalue weighted by molar-refractivity contribution is 0.217. The first-order valence-electron chi connectivity index (χ1n) is 10.8. The van der Waals surface area contributed by atoms with Crippen molar-refractivity contribution >= 4 is 39.5 Å². The number of hydrazone groups is 1. The average molecular weight is 527 g/mol. The highest BCUT2D eigenvalue weighted by molar-refractivity contribution is 9.10. The quantitative estimate of drug-likeness (QED) is 0.152. The van der Waals surface area contributed by atoms with Crippen LogP contribution in [0.3, 0.4) is 0 Å². The Morgan fingerprint density at radius 1 is 1.00 bits per heavy atom. The van der Waals surface area contributed by atoms with E-state index in [1.54, 1.807) is 6.21 Å². The Morgan fingerprint density at radius 2 is 1.79 bits per heavy atom. The molecule has 0 heterocycles. The maximum atomic E-state index is 5.95. The van der Waals surface area contributed by atoms with Crippen molar-refractivity contribution in [1.82, 2.24) is 10.7 Å². The van der Waals surface area contributed by atoms with Crippen LogP contribution in [0.25, 0.3) is 0 Å². The molecule has 172 valence electrons. The van der Waals surface area contributed by atoms with E-state index in [9.17, 15) is 0 Å². The molecule has 2 N–H and O–H groups in total. The van der Waals surface area contributed by atoms with E-state index >= 15 is 0 Å². The largest absolute Gasteiger partial charge is 0.490 e. The van der Waals surface area contributed by atoms with Gasteiger partial charge in [0.05, 0.1) is 6.21 Å². The molecule has 0 fully saturated rings. The smallest absolute Gasteiger partial charge is 0.187 e. The van der Waals surface area contributed by atoms with Crippen molar-refractivity contribution in [3.05, 3.63) is 93.5 Å². The van der Waals surface area contributed by atoms with Gasteiger partial charge in [-0.05, 0) is 72.6 Å². The van der Waals surface area contributed by atoms with E-state index in [-0.39, 0.29) is 0 Å². The zero-order valence-corrected chi connectivity index (χ0v) is 21.2. The fourth-order valence-corrected chi connectivity index (χ4v) is 3.66. The van der Waals surface area contributed by atoms with Gasteiger partial charge >= 0.3 is 0 Å². The number of aryl methyl sites for hydroxylation is 2. The SMILES string of the molecule is CCc1cc(C)cc(OCCOc2ccc(Br)cc2/C=N\NC(=S)NCc2ccccc2)c1. The van der Waals surface area contributed by atoms with Crippen LogP contribution in [0.4, 0.5) is 0 Å². The van der Waals surface area contributed by atoms with Crippen molar-refractivity contribution in [2.45, 2.75) is 26.8 Å². The monoisotopic (exact) mass is 525 g/mol. The standard InChI is InChI=1S/C26H28BrN3O2S/c1-3-20-13-19(2)14-24(15-20)31-11-12-32-25-10-9-23(27)16-22(25)18-29-30-26(33)28-17-21-7-5-4-6-8-21/h4-10,13-16,18H,3,11-12,17H2,1-2H3,(H2,28,30,33)/b29-18-. The van der Waals surface area contributed by atoms with Crippen LogP contribution in [0.1, 0.15) is 29.2 Å². The molecule has 0 amide bonds. The maximum absolute atomic E-state index is 5.95. The second-order valence-corrected chi connectivity index (χ2v) is 8.75. The molecule has 0 bridgehead atoms. The molecule has 3 rings (SSSR count). The highest BCUT2D eigenvalue weighted by Crippen LogP contribution is 2.22. The Morgan fingerprint density at radius 3 is 2.58 bits per heavy atom. The molecule has 0 aliphatic heterocycles. The Kier molecular flexibility index (Phi) is 9.72. The number of thiocarbonyl (C=S) groups is 1. The minimum absolute atomic E-state index is 0.419. The molecule has 3 aromatic carbocycles. The van der Waals surface area contributed by atoms with Crippen LogP contribution in [0.15, 0.2) is 76.3 Å². The molecule has 5 nitrogen and oxygen atoms in total. The number of ether oxygens (including phenoxy) is 2. The summed E-state index contributed by atoms with van der Waals surface area (Å²) in [5.41, 5.74) is 7.28. The summed E-state index contributed by atoms with van der Waals surface area (Å²) in [5, 5.41) is 7.83. The number of halogens is 1. The molecule has 33 heavy (non-hydrogen) atoms. The highest BCUT2D eigenvalue weighted by Gasteiger charge is 2.04. The number of nitrogens with zero attached hydrogens (tertiary/aromatic N) is 1. The first-order chi connectivity index (χ1) is 16.0. The Labute approximate surface area is 209 Å². The molecule has 0 unspecified atom stereocenters. The zero-order chi connectivity index (χ0) is 23.5. The lowest BCUT2D eigenvalue weighted by Crippen LogP contribution is -2.31. The van der Waals surface area contributed by atoms with Crippen LogP contribution in [0.5, 0.6) is 11.5 Å². The summed E-state index contributed by atoms with van der Waals surface area (Å²) < 4.78 is 12.8. The van der Waals surface area contributed by atoms with Crippen LogP contribution in [-0.4, -0.2) is 24.5 Å². The minimum atomic E-state index is 0.419. The van der Waals surface area contributed by atoms with E-state index in [1.807, 2.05) is 54.6 Å². The molecule has 0 radical (unpaired) electrons. The first kappa shape index (κ1) is 24.7. The predicted molar refractivity (Wildman–Crippen MR) is 142 cm³/mol. The topological polar surface area (TPSA) is 54.9 Å². The lowest BCUT2D eigenvalue weighted by atomic mass is 10.1. The van der Waals surface area contributed by atoms with Gasteiger partial charge in [0.2, 0.25) is 0 Å². The van der Waals surface area contributed by atoms with Crippen molar-refractivity contribution in [3.63, 3.8) is 0 Å². The zero-order valence-electron chi connectivity index (χ0n) is 18.8. The molecule has 7 heteroatoms. The van der Waals surface area contributed by atoms with Crippen molar-refractivity contribution in [2.75, 3.05) is 13.2 Å². The number of hydrogen-bond donors (Lipinski definition) is 2. The van der Waals surface area contributed by atoms with E-state index in [4.69, 9.17) is 21.7 Å². The molecule has 0 spiro atoms. The van der Waals surface area contributed by atoms with Gasteiger partial charge in [-0.25, -0.2) is 0 Å². The van der Waals surface area contributed by atoms with Gasteiger partial charge in [-0.3, -0.25) is 5.43 Å². The van der Waals surface area contributed by atoms with Gasteiger partial charge in [0.25, 0.3) is 0 Å². The van der Waals surface area contributed by atoms with E-state index < -0.39 is 0 Å². The summed E-state index contributed by atoms with van der Waals surface area (Å²) in [6.45, 7) is 5.72. The summed E-state index contributed by atoms with van der Waals surface area (Å²) in [6.07, 6.45) is 2.67. The lowest BCUT2D eigenvalue weighted by Gasteiger charge is -2.12. The highest BCUT2D eigenvalue weighted by atomic mass is 79.9. The molecule has 3 aromatic rings. The van der Waals surface area contributed by atoms with Gasteiger partial charge in [-0.15, -0.1) is 0 Å². The summed E-state index contributed by atoms with van der Waals surface area (Å²) >= 11 is 8.79. The molecule has 0 aliphatic carbocycles. The second-order valence-electron chi connectivity index (χ2n) is 7.43. The molecule has 0 aromatic heterocycles. The van der Waals surface area contributed by atoms with Crippen LogP contribution >= 0.6 is 28.1 Å². The Balaban J connectivity index is 1.50. The Hall–Kier alpha value is -2.90. The van der Waals surface area contributed by atoms with Crippen LogP contribution in [0.2, 0.25) is 0 Å². The van der Waals surface area contributed by atoms with Gasteiger partial charge in [0.15, 0.2) is 5.11 Å². The first-order valence-corrected chi connectivity index (χ1v) is 12.0. The normalized spacial score (nSPS) is 10.8. The summed E-state index contributed by atoms with van der Waals surface area (Å²) in [5.74, 6) is 1.59. The van der Waals surface area contributed by atoms with E-state index in [1.165, 1.54) is 11.1 Å². The van der Waals surface area contributed by atoms with Crippen LogP contribution < -0.4 is 20.2 Å². The third-order valence-corrected chi connectivity index (χ3v) is 5.49. The van der Waals surface area contributed by atoms with Crippen molar-refractivity contribution in [1.29, 1.82) is 0 Å². The molecule has 0 aliphatic rings. The van der Waals surface area contributed by atoms with Crippen LogP contribution in [0, 0.1) is 6.92 Å². The third kappa shape index (κ3) is 8.51. The molecule has 0 saturated carbocycles. The maximum Gasteiger partial charge on any atom is 0.187 e. The van der Waals surface area contributed by atoms with Gasteiger partial charge in [-0.1, -0.05) is 59.3 Å². The van der Waals surface area contributed by atoms with E-state index in [2.05, 4.69) is 57.8 Å². The number of benzene rings is 3. The molecular weight excluding hydrogens is 498 g/mol.